The molecule has 1 atom stereocenters. The van der Waals surface area contributed by atoms with Gasteiger partial charge in [-0.15, -0.1) is 0 Å². The van der Waals surface area contributed by atoms with E-state index in [1.807, 2.05) is 13.8 Å². The number of carbonyl (C=O) groups excluding carboxylic acids is 2. The van der Waals surface area contributed by atoms with Crippen LogP contribution in [0, 0.1) is 0 Å². The average Bonchev–Trinajstić information content (AvgIpc) is 3.38. The van der Waals surface area contributed by atoms with Crippen molar-refractivity contribution in [1.82, 2.24) is 4.90 Å². The summed E-state index contributed by atoms with van der Waals surface area (Å²) >= 11 is 6.15. The van der Waals surface area contributed by atoms with Crippen LogP contribution in [0.3, 0.4) is 0 Å². The standard InChI is InChI=1S/C26H26ClNO7/c1-5-9-28-22(14-7-8-17(34-6-2)18(11-14)32-3)21(24(30)26(28)31)23(29)19-12-15-10-16(27)13-20(33-4)25(15)35-19/h7-8,10-13,22,30H,5-6,9H2,1-4H3. The number of nitrogens with zero attached hydrogens (tertiary/aromatic N) is 1. The second-order valence-corrected chi connectivity index (χ2v) is 8.41. The molecule has 4 rings (SSSR count). The topological polar surface area (TPSA) is 98.4 Å². The van der Waals surface area contributed by atoms with E-state index in [4.69, 9.17) is 30.2 Å². The molecule has 184 valence electrons. The van der Waals surface area contributed by atoms with Gasteiger partial charge in [0.25, 0.3) is 5.91 Å². The molecule has 0 radical (unpaired) electrons. The van der Waals surface area contributed by atoms with Gasteiger partial charge in [0, 0.05) is 23.0 Å². The predicted octanol–water partition coefficient (Wildman–Crippen LogP) is 5.49. The molecule has 9 heteroatoms. The van der Waals surface area contributed by atoms with E-state index in [-0.39, 0.29) is 11.3 Å². The molecule has 35 heavy (non-hydrogen) atoms. The number of amides is 1. The van der Waals surface area contributed by atoms with Crippen molar-refractivity contribution in [1.29, 1.82) is 0 Å². The van der Waals surface area contributed by atoms with Crippen LogP contribution < -0.4 is 14.2 Å². The molecule has 0 saturated carbocycles. The summed E-state index contributed by atoms with van der Waals surface area (Å²) in [6.45, 7) is 4.56. The Balaban J connectivity index is 1.83. The van der Waals surface area contributed by atoms with Gasteiger partial charge < -0.3 is 28.6 Å². The van der Waals surface area contributed by atoms with Gasteiger partial charge in [-0.1, -0.05) is 24.6 Å². The number of fused-ring (bicyclic) bond motifs is 1. The first-order valence-corrected chi connectivity index (χ1v) is 11.6. The summed E-state index contributed by atoms with van der Waals surface area (Å²) in [5, 5.41) is 11.8. The van der Waals surface area contributed by atoms with E-state index >= 15 is 0 Å². The van der Waals surface area contributed by atoms with Crippen molar-refractivity contribution >= 4 is 34.3 Å². The van der Waals surface area contributed by atoms with Gasteiger partial charge >= 0.3 is 0 Å². The number of hydrogen-bond acceptors (Lipinski definition) is 7. The van der Waals surface area contributed by atoms with Gasteiger partial charge in [-0.3, -0.25) is 9.59 Å². The van der Waals surface area contributed by atoms with Gasteiger partial charge in [0.1, 0.15) is 0 Å². The number of methoxy groups -OCH3 is 2. The molecule has 0 aliphatic carbocycles. The summed E-state index contributed by atoms with van der Waals surface area (Å²) in [5.74, 6) is -0.524. The zero-order chi connectivity index (χ0) is 25.3. The lowest BCUT2D eigenvalue weighted by molar-refractivity contribution is -0.129. The fraction of sp³-hybridized carbons (Fsp3) is 0.308. The van der Waals surface area contributed by atoms with Gasteiger partial charge in [0.15, 0.2) is 34.4 Å². The zero-order valence-corrected chi connectivity index (χ0v) is 20.6. The van der Waals surface area contributed by atoms with E-state index in [0.717, 1.165) is 0 Å². The summed E-state index contributed by atoms with van der Waals surface area (Å²) in [6, 6.07) is 9.09. The van der Waals surface area contributed by atoms with E-state index in [1.54, 1.807) is 30.3 Å². The molecule has 1 aliphatic heterocycles. The molecule has 2 heterocycles. The molecule has 1 amide bonds. The number of ketones is 1. The van der Waals surface area contributed by atoms with Crippen molar-refractivity contribution in [2.45, 2.75) is 26.3 Å². The number of aliphatic hydroxyl groups is 1. The van der Waals surface area contributed by atoms with Gasteiger partial charge in [-0.05, 0) is 43.2 Å². The third-order valence-corrected chi connectivity index (χ3v) is 6.02. The van der Waals surface area contributed by atoms with E-state index in [2.05, 4.69) is 0 Å². The van der Waals surface area contributed by atoms with Crippen molar-refractivity contribution < 1.29 is 33.3 Å². The van der Waals surface area contributed by atoms with Gasteiger partial charge in [-0.2, -0.15) is 0 Å². The number of hydrogen-bond donors (Lipinski definition) is 1. The Kier molecular flexibility index (Phi) is 6.93. The molecule has 0 spiro atoms. The summed E-state index contributed by atoms with van der Waals surface area (Å²) < 4.78 is 22.2. The Bertz CT molecular complexity index is 1330. The lowest BCUT2D eigenvalue weighted by Crippen LogP contribution is -2.31. The highest BCUT2D eigenvalue weighted by molar-refractivity contribution is 6.31. The number of rotatable bonds is 9. The Hall–Kier alpha value is -3.65. The van der Waals surface area contributed by atoms with E-state index in [9.17, 15) is 14.7 Å². The van der Waals surface area contributed by atoms with E-state index in [1.165, 1.54) is 25.2 Å². The van der Waals surface area contributed by atoms with Crippen LogP contribution >= 0.6 is 11.6 Å². The van der Waals surface area contributed by atoms with E-state index < -0.39 is 23.5 Å². The lowest BCUT2D eigenvalue weighted by Gasteiger charge is -2.26. The first kappa shape index (κ1) is 24.5. The minimum Gasteiger partial charge on any atom is -0.503 e. The van der Waals surface area contributed by atoms with Crippen LogP contribution in [-0.2, 0) is 4.79 Å². The second-order valence-electron chi connectivity index (χ2n) is 7.97. The Morgan fingerprint density at radius 3 is 2.49 bits per heavy atom. The minimum atomic E-state index is -0.835. The number of Topliss-reactive ketones (excluding diaryl/α,β-unsaturated/α-hetero) is 1. The highest BCUT2D eigenvalue weighted by Crippen LogP contribution is 2.42. The molecule has 3 aromatic rings. The quantitative estimate of drug-likeness (QED) is 0.388. The maximum absolute atomic E-state index is 13.7. The van der Waals surface area contributed by atoms with Crippen LogP contribution in [0.1, 0.15) is 42.4 Å². The van der Waals surface area contributed by atoms with Crippen molar-refractivity contribution in [2.24, 2.45) is 0 Å². The number of carbonyl (C=O) groups is 2. The van der Waals surface area contributed by atoms with E-state index in [0.29, 0.717) is 58.4 Å². The van der Waals surface area contributed by atoms with Crippen molar-refractivity contribution in [2.75, 3.05) is 27.4 Å². The third-order valence-electron chi connectivity index (χ3n) is 5.81. The summed E-state index contributed by atoms with van der Waals surface area (Å²) in [4.78, 5) is 28.2. The second kappa shape index (κ2) is 9.92. The molecule has 0 bridgehead atoms. The number of furan rings is 1. The molecule has 8 nitrogen and oxygen atoms in total. The third kappa shape index (κ3) is 4.30. The van der Waals surface area contributed by atoms with Crippen LogP contribution in [0.4, 0.5) is 0 Å². The Labute approximate surface area is 207 Å². The highest BCUT2D eigenvalue weighted by atomic mass is 35.5. The lowest BCUT2D eigenvalue weighted by atomic mass is 9.94. The monoisotopic (exact) mass is 499 g/mol. The molecular formula is C26H26ClNO7. The van der Waals surface area contributed by atoms with Crippen LogP contribution in [-0.4, -0.2) is 49.1 Å². The Morgan fingerprint density at radius 2 is 1.83 bits per heavy atom. The first-order chi connectivity index (χ1) is 16.8. The first-order valence-electron chi connectivity index (χ1n) is 11.2. The molecule has 1 N–H and O–H groups in total. The fourth-order valence-electron chi connectivity index (χ4n) is 4.31. The summed E-state index contributed by atoms with van der Waals surface area (Å²) in [6.07, 6.45) is 0.630. The van der Waals surface area contributed by atoms with Crippen LogP contribution in [0.15, 0.2) is 52.1 Å². The molecule has 0 saturated heterocycles. The number of benzene rings is 2. The number of halogens is 1. The molecule has 1 aliphatic rings. The van der Waals surface area contributed by atoms with Gasteiger partial charge in [-0.25, -0.2) is 0 Å². The van der Waals surface area contributed by atoms with Crippen molar-refractivity contribution in [3.8, 4) is 17.2 Å². The highest BCUT2D eigenvalue weighted by Gasteiger charge is 2.44. The van der Waals surface area contributed by atoms with Crippen LogP contribution in [0.25, 0.3) is 11.0 Å². The zero-order valence-electron chi connectivity index (χ0n) is 19.9. The SMILES string of the molecule is CCCN1C(=O)C(O)=C(C(=O)c2cc3cc(Cl)cc(OC)c3o2)C1c1ccc(OCC)c(OC)c1. The summed E-state index contributed by atoms with van der Waals surface area (Å²) in [7, 11) is 2.98. The van der Waals surface area contributed by atoms with Gasteiger partial charge in [0.05, 0.1) is 32.4 Å². The number of aliphatic hydroxyl groups excluding tert-OH is 1. The molecule has 1 unspecified atom stereocenters. The average molecular weight is 500 g/mol. The van der Waals surface area contributed by atoms with Crippen LogP contribution in [0.5, 0.6) is 17.2 Å². The van der Waals surface area contributed by atoms with Crippen molar-refractivity contribution in [3.05, 3.63) is 64.1 Å². The van der Waals surface area contributed by atoms with Crippen molar-refractivity contribution in [3.63, 3.8) is 0 Å². The maximum atomic E-state index is 13.7. The predicted molar refractivity (Wildman–Crippen MR) is 131 cm³/mol. The molecule has 1 aromatic heterocycles. The number of ether oxygens (including phenoxy) is 3. The van der Waals surface area contributed by atoms with Crippen LogP contribution in [0.2, 0.25) is 5.02 Å². The van der Waals surface area contributed by atoms with Gasteiger partial charge in [0.2, 0.25) is 5.78 Å². The Morgan fingerprint density at radius 1 is 1.09 bits per heavy atom. The summed E-state index contributed by atoms with van der Waals surface area (Å²) in [5.41, 5.74) is 0.865. The fourth-order valence-corrected chi connectivity index (χ4v) is 4.53. The smallest absolute Gasteiger partial charge is 0.290 e. The molecule has 2 aromatic carbocycles. The molecule has 0 fully saturated rings. The largest absolute Gasteiger partial charge is 0.503 e. The normalized spacial score (nSPS) is 15.7. The maximum Gasteiger partial charge on any atom is 0.290 e. The molecular weight excluding hydrogens is 474 g/mol. The minimum absolute atomic E-state index is 0.0452.